The van der Waals surface area contributed by atoms with Gasteiger partial charge in [-0.2, -0.15) is 4.98 Å². The van der Waals surface area contributed by atoms with Crippen LogP contribution in [0.3, 0.4) is 0 Å². The van der Waals surface area contributed by atoms with Crippen molar-refractivity contribution in [2.75, 3.05) is 10.6 Å². The molecule has 0 radical (unpaired) electrons. The molecular formula is C20H19ClN4O. The van der Waals surface area contributed by atoms with Crippen LogP contribution in [0.1, 0.15) is 28.5 Å². The summed E-state index contributed by atoms with van der Waals surface area (Å²) in [7, 11) is 0. The van der Waals surface area contributed by atoms with Crippen molar-refractivity contribution in [2.45, 2.75) is 20.4 Å². The number of aryl methyl sites for hydroxylation is 1. The van der Waals surface area contributed by atoms with E-state index in [4.69, 9.17) is 11.6 Å². The summed E-state index contributed by atoms with van der Waals surface area (Å²) in [6, 6.07) is 16.8. The Bertz CT molecular complexity index is 925. The number of rotatable bonds is 6. The maximum Gasteiger partial charge on any atom is 0.225 e. The molecule has 0 fully saturated rings. The van der Waals surface area contributed by atoms with Crippen LogP contribution in [0.25, 0.3) is 0 Å². The lowest BCUT2D eigenvalue weighted by Crippen LogP contribution is -2.06. The minimum atomic E-state index is 0.0258. The van der Waals surface area contributed by atoms with E-state index in [1.807, 2.05) is 49.4 Å². The molecule has 3 rings (SSSR count). The van der Waals surface area contributed by atoms with Gasteiger partial charge in [0.1, 0.15) is 5.82 Å². The second-order valence-electron chi connectivity index (χ2n) is 5.96. The lowest BCUT2D eigenvalue weighted by molar-refractivity contribution is 0.101. The molecule has 1 heterocycles. The van der Waals surface area contributed by atoms with Crippen molar-refractivity contribution >= 4 is 34.8 Å². The molecule has 0 unspecified atom stereocenters. The second-order valence-corrected chi connectivity index (χ2v) is 6.40. The molecule has 0 amide bonds. The van der Waals surface area contributed by atoms with Gasteiger partial charge in [0.2, 0.25) is 5.95 Å². The number of carbonyl (C=O) groups excluding carboxylic acids is 1. The van der Waals surface area contributed by atoms with E-state index >= 15 is 0 Å². The first-order valence-electron chi connectivity index (χ1n) is 8.21. The number of anilines is 3. The number of halogens is 1. The largest absolute Gasteiger partial charge is 0.350 e. The molecule has 2 N–H and O–H groups in total. The fourth-order valence-corrected chi connectivity index (χ4v) is 2.58. The first-order valence-corrected chi connectivity index (χ1v) is 8.59. The Hall–Kier alpha value is -2.92. The monoisotopic (exact) mass is 366 g/mol. The third-order valence-electron chi connectivity index (χ3n) is 3.76. The van der Waals surface area contributed by atoms with Crippen molar-refractivity contribution in [2.24, 2.45) is 0 Å². The van der Waals surface area contributed by atoms with Gasteiger partial charge in [-0.3, -0.25) is 4.79 Å². The molecule has 2 aromatic carbocycles. The van der Waals surface area contributed by atoms with Crippen molar-refractivity contribution in [1.82, 2.24) is 9.97 Å². The van der Waals surface area contributed by atoms with Gasteiger partial charge in [-0.25, -0.2) is 4.98 Å². The summed E-state index contributed by atoms with van der Waals surface area (Å²) in [6.45, 7) is 4.05. The van der Waals surface area contributed by atoms with Gasteiger partial charge in [0.15, 0.2) is 5.78 Å². The minimum absolute atomic E-state index is 0.0258. The van der Waals surface area contributed by atoms with E-state index in [-0.39, 0.29) is 5.78 Å². The van der Waals surface area contributed by atoms with Crippen LogP contribution in [0.5, 0.6) is 0 Å². The van der Waals surface area contributed by atoms with E-state index in [0.29, 0.717) is 28.9 Å². The summed E-state index contributed by atoms with van der Waals surface area (Å²) in [5.41, 5.74) is 3.38. The number of nitrogens with one attached hydrogen (secondary N) is 2. The number of benzene rings is 2. The molecule has 0 atom stereocenters. The van der Waals surface area contributed by atoms with Gasteiger partial charge in [0, 0.05) is 34.6 Å². The number of carbonyl (C=O) groups is 1. The highest BCUT2D eigenvalue weighted by molar-refractivity contribution is 6.30. The minimum Gasteiger partial charge on any atom is -0.350 e. The number of hydrogen-bond donors (Lipinski definition) is 2. The van der Waals surface area contributed by atoms with E-state index in [1.165, 1.54) is 0 Å². The zero-order valence-electron chi connectivity index (χ0n) is 14.6. The van der Waals surface area contributed by atoms with Gasteiger partial charge in [-0.1, -0.05) is 35.9 Å². The Labute approximate surface area is 157 Å². The van der Waals surface area contributed by atoms with Crippen molar-refractivity contribution in [3.63, 3.8) is 0 Å². The number of aromatic nitrogens is 2. The van der Waals surface area contributed by atoms with Gasteiger partial charge >= 0.3 is 0 Å². The molecule has 0 bridgehead atoms. The third kappa shape index (κ3) is 4.80. The van der Waals surface area contributed by atoms with Gasteiger partial charge in [0.25, 0.3) is 0 Å². The molecule has 0 saturated carbocycles. The molecule has 0 aliphatic rings. The molecule has 6 heteroatoms. The highest BCUT2D eigenvalue weighted by atomic mass is 35.5. The Morgan fingerprint density at radius 3 is 2.58 bits per heavy atom. The molecule has 0 aliphatic heterocycles. The van der Waals surface area contributed by atoms with E-state index in [9.17, 15) is 4.79 Å². The third-order valence-corrected chi connectivity index (χ3v) is 4.01. The van der Waals surface area contributed by atoms with Crippen LogP contribution in [0.4, 0.5) is 17.5 Å². The van der Waals surface area contributed by atoms with Crippen LogP contribution >= 0.6 is 11.6 Å². The quantitative estimate of drug-likeness (QED) is 0.601. The Balaban J connectivity index is 1.74. The lowest BCUT2D eigenvalue weighted by atomic mass is 10.1. The van der Waals surface area contributed by atoms with Crippen molar-refractivity contribution in [1.29, 1.82) is 0 Å². The Kier molecular flexibility index (Phi) is 5.49. The molecule has 132 valence electrons. The highest BCUT2D eigenvalue weighted by Crippen LogP contribution is 2.19. The number of hydrogen-bond acceptors (Lipinski definition) is 5. The summed E-state index contributed by atoms with van der Waals surface area (Å²) >= 11 is 5.90. The molecule has 0 spiro atoms. The molecule has 3 aromatic rings. The second kappa shape index (κ2) is 7.97. The summed E-state index contributed by atoms with van der Waals surface area (Å²) in [5, 5.41) is 7.15. The topological polar surface area (TPSA) is 66.9 Å². The maximum atomic E-state index is 11.5. The van der Waals surface area contributed by atoms with Crippen LogP contribution in [-0.4, -0.2) is 15.8 Å². The first-order chi connectivity index (χ1) is 12.5. The van der Waals surface area contributed by atoms with Crippen molar-refractivity contribution in [3.05, 3.63) is 76.4 Å². The molecular weight excluding hydrogens is 348 g/mol. The Morgan fingerprint density at radius 2 is 1.85 bits per heavy atom. The Morgan fingerprint density at radius 1 is 1.08 bits per heavy atom. The van der Waals surface area contributed by atoms with Crippen LogP contribution in [-0.2, 0) is 6.54 Å². The molecule has 0 saturated heterocycles. The first kappa shape index (κ1) is 17.9. The zero-order valence-corrected chi connectivity index (χ0v) is 15.3. The van der Waals surface area contributed by atoms with Crippen LogP contribution < -0.4 is 10.6 Å². The van der Waals surface area contributed by atoms with Crippen LogP contribution in [0, 0.1) is 6.92 Å². The van der Waals surface area contributed by atoms with Crippen LogP contribution in [0.15, 0.2) is 54.6 Å². The average molecular weight is 367 g/mol. The summed E-state index contributed by atoms with van der Waals surface area (Å²) in [4.78, 5) is 20.4. The smallest absolute Gasteiger partial charge is 0.225 e. The van der Waals surface area contributed by atoms with Gasteiger partial charge in [-0.15, -0.1) is 0 Å². The fraction of sp³-hybridized carbons (Fsp3) is 0.150. The fourth-order valence-electron chi connectivity index (χ4n) is 2.46. The van der Waals surface area contributed by atoms with Gasteiger partial charge in [0.05, 0.1) is 0 Å². The van der Waals surface area contributed by atoms with Crippen LogP contribution in [0.2, 0.25) is 5.02 Å². The predicted octanol–water partition coefficient (Wildman–Crippen LogP) is 5.00. The van der Waals surface area contributed by atoms with Gasteiger partial charge in [-0.05, 0) is 43.7 Å². The molecule has 1 aromatic heterocycles. The predicted molar refractivity (Wildman–Crippen MR) is 105 cm³/mol. The van der Waals surface area contributed by atoms with E-state index in [1.54, 1.807) is 19.1 Å². The SMILES string of the molecule is CC(=O)c1cccc(Nc2cc(C)nc(NCc3ccc(Cl)cc3)n2)c1. The van der Waals surface area contributed by atoms with Gasteiger partial charge < -0.3 is 10.6 Å². The van der Waals surface area contributed by atoms with E-state index in [2.05, 4.69) is 20.6 Å². The maximum absolute atomic E-state index is 11.5. The normalized spacial score (nSPS) is 10.4. The molecule has 5 nitrogen and oxygen atoms in total. The number of ketones is 1. The summed E-state index contributed by atoms with van der Waals surface area (Å²) in [5.74, 6) is 1.22. The zero-order chi connectivity index (χ0) is 18.5. The average Bonchev–Trinajstić information content (AvgIpc) is 2.61. The van der Waals surface area contributed by atoms with E-state index in [0.717, 1.165) is 16.9 Å². The highest BCUT2D eigenvalue weighted by Gasteiger charge is 2.05. The standard InChI is InChI=1S/C20H19ClN4O/c1-13-10-19(24-18-5-3-4-16(11-18)14(2)26)25-20(23-13)22-12-15-6-8-17(21)9-7-15/h3-11H,12H2,1-2H3,(H2,22,23,24,25). The number of Topliss-reactive ketones (excluding diaryl/α,β-unsaturated/α-hetero) is 1. The molecule has 26 heavy (non-hydrogen) atoms. The molecule has 0 aliphatic carbocycles. The van der Waals surface area contributed by atoms with Crippen molar-refractivity contribution < 1.29 is 4.79 Å². The van der Waals surface area contributed by atoms with Crippen molar-refractivity contribution in [3.8, 4) is 0 Å². The summed E-state index contributed by atoms with van der Waals surface area (Å²) < 4.78 is 0. The summed E-state index contributed by atoms with van der Waals surface area (Å²) in [6.07, 6.45) is 0. The van der Waals surface area contributed by atoms with E-state index < -0.39 is 0 Å². The number of nitrogens with zero attached hydrogens (tertiary/aromatic N) is 2. The lowest BCUT2D eigenvalue weighted by Gasteiger charge is -2.11.